The number of aromatic nitrogens is 2. The molecule has 0 bridgehead atoms. The molecule has 0 amide bonds. The molecule has 0 fully saturated rings. The zero-order valence-corrected chi connectivity index (χ0v) is 14.2. The number of hydrogen-bond acceptors (Lipinski definition) is 3. The summed E-state index contributed by atoms with van der Waals surface area (Å²) in [5.74, 6) is 0.343. The Kier molecular flexibility index (Phi) is 3.77. The van der Waals surface area contributed by atoms with E-state index in [2.05, 4.69) is 64.9 Å². The number of imidazole rings is 1. The number of para-hydroxylation sites is 1. The minimum atomic E-state index is -0.225. The van der Waals surface area contributed by atoms with Gasteiger partial charge in [0.2, 0.25) is 0 Å². The zero-order chi connectivity index (χ0) is 16.6. The third-order valence-corrected chi connectivity index (χ3v) is 5.20. The Morgan fingerprint density at radius 3 is 3.00 bits per heavy atom. The Hall–Kier alpha value is -2.33. The van der Waals surface area contributed by atoms with Gasteiger partial charge >= 0.3 is 0 Å². The predicted octanol–water partition coefficient (Wildman–Crippen LogP) is 3.87. The Labute approximate surface area is 142 Å². The van der Waals surface area contributed by atoms with Gasteiger partial charge in [0, 0.05) is 42.4 Å². The maximum absolute atomic E-state index is 5.83. The first-order valence-electron chi connectivity index (χ1n) is 8.58. The topological polar surface area (TPSA) is 38.6 Å². The maximum Gasteiger partial charge on any atom is 0.142 e. The first-order valence-corrected chi connectivity index (χ1v) is 8.58. The van der Waals surface area contributed by atoms with Gasteiger partial charge in [-0.2, -0.15) is 0 Å². The molecule has 3 aromatic rings. The van der Waals surface area contributed by atoms with E-state index in [-0.39, 0.29) is 5.54 Å². The van der Waals surface area contributed by atoms with Crippen LogP contribution in [0.4, 0.5) is 5.69 Å². The summed E-state index contributed by atoms with van der Waals surface area (Å²) >= 11 is 0. The Bertz CT molecular complexity index is 857. The number of nitrogens with zero attached hydrogens (tertiary/aromatic N) is 2. The van der Waals surface area contributed by atoms with Crippen LogP contribution >= 0.6 is 0 Å². The van der Waals surface area contributed by atoms with E-state index >= 15 is 0 Å². The van der Waals surface area contributed by atoms with E-state index in [9.17, 15) is 0 Å². The fraction of sp³-hybridized carbons (Fsp3) is 0.350. The second kappa shape index (κ2) is 5.95. The molecule has 4 heteroatoms. The fourth-order valence-electron chi connectivity index (χ4n) is 3.80. The molecular formula is C20H23N3O. The molecule has 2 unspecified atom stereocenters. The quantitative estimate of drug-likeness (QED) is 0.793. The number of benzene rings is 1. The van der Waals surface area contributed by atoms with Crippen molar-refractivity contribution in [3.8, 4) is 0 Å². The molecule has 0 saturated heterocycles. The van der Waals surface area contributed by atoms with Crippen molar-refractivity contribution in [2.24, 2.45) is 5.92 Å². The van der Waals surface area contributed by atoms with E-state index in [0.717, 1.165) is 25.3 Å². The molecule has 24 heavy (non-hydrogen) atoms. The van der Waals surface area contributed by atoms with Crippen molar-refractivity contribution in [3.05, 3.63) is 66.1 Å². The number of anilines is 1. The molecule has 4 nitrogen and oxygen atoms in total. The first-order chi connectivity index (χ1) is 11.7. The highest BCUT2D eigenvalue weighted by Gasteiger charge is 2.41. The van der Waals surface area contributed by atoms with Crippen LogP contribution in [0.5, 0.6) is 0 Å². The molecular weight excluding hydrogens is 298 g/mol. The molecule has 0 saturated carbocycles. The number of pyridine rings is 1. The number of ether oxygens (including phenoxy) is 1. The lowest BCUT2D eigenvalue weighted by molar-refractivity contribution is 0.0818. The molecule has 2 aromatic heterocycles. The van der Waals surface area contributed by atoms with E-state index < -0.39 is 0 Å². The summed E-state index contributed by atoms with van der Waals surface area (Å²) in [5, 5.41) is 3.80. The first kappa shape index (κ1) is 15.2. The van der Waals surface area contributed by atoms with Gasteiger partial charge in [-0.15, -0.1) is 0 Å². The lowest BCUT2D eigenvalue weighted by Gasteiger charge is -2.44. The molecule has 0 spiro atoms. The van der Waals surface area contributed by atoms with Crippen molar-refractivity contribution >= 4 is 11.3 Å². The summed E-state index contributed by atoms with van der Waals surface area (Å²) in [6, 6.07) is 12.8. The molecule has 1 aromatic carbocycles. The van der Waals surface area contributed by atoms with Gasteiger partial charge < -0.3 is 14.5 Å². The molecule has 2 atom stereocenters. The SMILES string of the molecule is CCOCC1Cc2ccccc2NC1(C)c1cccn2ccnc12. The summed E-state index contributed by atoms with van der Waals surface area (Å²) in [5.41, 5.74) is 4.57. The second-order valence-electron chi connectivity index (χ2n) is 6.62. The zero-order valence-electron chi connectivity index (χ0n) is 14.2. The van der Waals surface area contributed by atoms with Gasteiger partial charge in [-0.25, -0.2) is 4.98 Å². The maximum atomic E-state index is 5.83. The highest BCUT2D eigenvalue weighted by molar-refractivity contribution is 5.62. The molecule has 0 aliphatic carbocycles. The second-order valence-corrected chi connectivity index (χ2v) is 6.62. The van der Waals surface area contributed by atoms with Crippen molar-refractivity contribution in [1.29, 1.82) is 0 Å². The summed E-state index contributed by atoms with van der Waals surface area (Å²) in [4.78, 5) is 4.59. The molecule has 124 valence electrons. The van der Waals surface area contributed by atoms with Crippen molar-refractivity contribution in [1.82, 2.24) is 9.38 Å². The minimum absolute atomic E-state index is 0.225. The molecule has 1 N–H and O–H groups in total. The van der Waals surface area contributed by atoms with Gasteiger partial charge in [0.05, 0.1) is 12.1 Å². The summed E-state index contributed by atoms with van der Waals surface area (Å²) < 4.78 is 7.92. The van der Waals surface area contributed by atoms with Gasteiger partial charge in [-0.3, -0.25) is 0 Å². The van der Waals surface area contributed by atoms with Gasteiger partial charge in [0.25, 0.3) is 0 Å². The Balaban J connectivity index is 1.84. The van der Waals surface area contributed by atoms with E-state index in [1.54, 1.807) is 0 Å². The Morgan fingerprint density at radius 2 is 2.12 bits per heavy atom. The molecule has 1 aliphatic heterocycles. The van der Waals surface area contributed by atoms with Crippen LogP contribution < -0.4 is 5.32 Å². The average Bonchev–Trinajstić information content (AvgIpc) is 3.08. The molecule has 4 rings (SSSR count). The number of nitrogens with one attached hydrogen (secondary N) is 1. The third-order valence-electron chi connectivity index (χ3n) is 5.20. The monoisotopic (exact) mass is 321 g/mol. The number of hydrogen-bond donors (Lipinski definition) is 1. The van der Waals surface area contributed by atoms with Crippen molar-refractivity contribution in [2.75, 3.05) is 18.5 Å². The highest BCUT2D eigenvalue weighted by atomic mass is 16.5. The van der Waals surface area contributed by atoms with Gasteiger partial charge in [0.15, 0.2) is 0 Å². The molecule has 3 heterocycles. The minimum Gasteiger partial charge on any atom is -0.381 e. The lowest BCUT2D eigenvalue weighted by Crippen LogP contribution is -2.46. The van der Waals surface area contributed by atoms with E-state index in [4.69, 9.17) is 4.74 Å². The summed E-state index contributed by atoms with van der Waals surface area (Å²) in [7, 11) is 0. The average molecular weight is 321 g/mol. The van der Waals surface area contributed by atoms with Crippen LogP contribution in [-0.4, -0.2) is 22.6 Å². The van der Waals surface area contributed by atoms with Crippen LogP contribution in [0.2, 0.25) is 0 Å². The van der Waals surface area contributed by atoms with E-state index in [1.165, 1.54) is 16.8 Å². The van der Waals surface area contributed by atoms with Crippen LogP contribution in [0, 0.1) is 5.92 Å². The third kappa shape index (κ3) is 2.38. The fourth-order valence-corrected chi connectivity index (χ4v) is 3.80. The summed E-state index contributed by atoms with van der Waals surface area (Å²) in [6.45, 7) is 5.80. The lowest BCUT2D eigenvalue weighted by atomic mass is 9.74. The van der Waals surface area contributed by atoms with Crippen molar-refractivity contribution in [2.45, 2.75) is 25.8 Å². The van der Waals surface area contributed by atoms with Crippen LogP contribution in [-0.2, 0) is 16.7 Å². The van der Waals surface area contributed by atoms with Crippen molar-refractivity contribution < 1.29 is 4.74 Å². The summed E-state index contributed by atoms with van der Waals surface area (Å²) in [6.07, 6.45) is 6.90. The largest absolute Gasteiger partial charge is 0.381 e. The normalized spacial score (nSPS) is 23.0. The molecule has 0 radical (unpaired) electrons. The van der Waals surface area contributed by atoms with E-state index in [1.807, 2.05) is 18.6 Å². The predicted molar refractivity (Wildman–Crippen MR) is 96.3 cm³/mol. The van der Waals surface area contributed by atoms with Crippen molar-refractivity contribution in [3.63, 3.8) is 0 Å². The highest BCUT2D eigenvalue weighted by Crippen LogP contribution is 2.42. The standard InChI is InChI=1S/C20H23N3O/c1-3-24-14-16-13-15-7-4-5-9-18(15)22-20(16,2)17-8-6-11-23-12-10-21-19(17)23/h4-12,16,22H,3,13-14H2,1-2H3. The van der Waals surface area contributed by atoms with Gasteiger partial charge in [-0.05, 0) is 38.0 Å². The van der Waals surface area contributed by atoms with Gasteiger partial charge in [-0.1, -0.05) is 24.3 Å². The number of rotatable bonds is 4. The van der Waals surface area contributed by atoms with Crippen LogP contribution in [0.25, 0.3) is 5.65 Å². The van der Waals surface area contributed by atoms with Crippen LogP contribution in [0.15, 0.2) is 55.0 Å². The smallest absolute Gasteiger partial charge is 0.142 e. The van der Waals surface area contributed by atoms with Crippen LogP contribution in [0.1, 0.15) is 25.0 Å². The van der Waals surface area contributed by atoms with Crippen LogP contribution in [0.3, 0.4) is 0 Å². The Morgan fingerprint density at radius 1 is 1.25 bits per heavy atom. The van der Waals surface area contributed by atoms with Gasteiger partial charge in [0.1, 0.15) is 5.65 Å². The number of fused-ring (bicyclic) bond motifs is 2. The van der Waals surface area contributed by atoms with E-state index in [0.29, 0.717) is 5.92 Å². The molecule has 1 aliphatic rings.